The second kappa shape index (κ2) is 4.78. The summed E-state index contributed by atoms with van der Waals surface area (Å²) in [6, 6.07) is 2.11. The zero-order valence-electron chi connectivity index (χ0n) is 6.90. The summed E-state index contributed by atoms with van der Waals surface area (Å²) < 4.78 is 1.73. The molecule has 1 aromatic heterocycles. The minimum absolute atomic E-state index is 0.616. The van der Waals surface area contributed by atoms with Gasteiger partial charge in [0.1, 0.15) is 6.33 Å². The lowest BCUT2D eigenvalue weighted by Crippen LogP contribution is -1.93. The van der Waals surface area contributed by atoms with E-state index in [9.17, 15) is 0 Å². The molecule has 0 radical (unpaired) electrons. The fourth-order valence-electron chi connectivity index (χ4n) is 0.731. The molecule has 0 aliphatic carbocycles. The second-order valence-corrected chi connectivity index (χ2v) is 3.34. The van der Waals surface area contributed by atoms with E-state index in [1.807, 2.05) is 7.05 Å². The first-order chi connectivity index (χ1) is 5.84. The predicted octanol–water partition coefficient (Wildman–Crippen LogP) is 1.21. The van der Waals surface area contributed by atoms with Gasteiger partial charge in [-0.25, -0.2) is 9.67 Å². The molecule has 0 N–H and O–H groups in total. The minimum atomic E-state index is 0.616. The van der Waals surface area contributed by atoms with Crippen molar-refractivity contribution >= 4 is 11.8 Å². The standard InChI is InChI=1S/C7H10N4S/c1-11-7(9-6-10-11)12-5-3-2-4-8/h6H,2-3,5H2,1H3. The van der Waals surface area contributed by atoms with Crippen LogP contribution in [0.3, 0.4) is 0 Å². The van der Waals surface area contributed by atoms with Crippen LogP contribution in [-0.2, 0) is 7.05 Å². The number of nitrogens with zero attached hydrogens (tertiary/aromatic N) is 4. The highest BCUT2D eigenvalue weighted by atomic mass is 32.2. The average Bonchev–Trinajstić information content (AvgIpc) is 2.46. The fraction of sp³-hybridized carbons (Fsp3) is 0.571. The maximum atomic E-state index is 8.29. The Hall–Kier alpha value is -1.02. The van der Waals surface area contributed by atoms with Crippen molar-refractivity contribution < 1.29 is 0 Å². The van der Waals surface area contributed by atoms with Crippen LogP contribution >= 0.6 is 11.8 Å². The summed E-state index contributed by atoms with van der Waals surface area (Å²) in [6.07, 6.45) is 3.06. The van der Waals surface area contributed by atoms with Crippen molar-refractivity contribution in [3.8, 4) is 6.07 Å². The van der Waals surface area contributed by atoms with E-state index in [2.05, 4.69) is 16.2 Å². The summed E-state index contributed by atoms with van der Waals surface area (Å²) in [5.74, 6) is 0.931. The van der Waals surface area contributed by atoms with Gasteiger partial charge in [-0.1, -0.05) is 11.8 Å². The van der Waals surface area contributed by atoms with Gasteiger partial charge in [0.05, 0.1) is 6.07 Å². The molecule has 0 amide bonds. The van der Waals surface area contributed by atoms with Crippen LogP contribution in [0.4, 0.5) is 0 Å². The summed E-state index contributed by atoms with van der Waals surface area (Å²) >= 11 is 1.63. The number of nitriles is 1. The number of hydrogen-bond donors (Lipinski definition) is 0. The van der Waals surface area contributed by atoms with Gasteiger partial charge >= 0.3 is 0 Å². The smallest absolute Gasteiger partial charge is 0.185 e. The summed E-state index contributed by atoms with van der Waals surface area (Å²) in [7, 11) is 1.86. The summed E-state index contributed by atoms with van der Waals surface area (Å²) in [6.45, 7) is 0. The average molecular weight is 182 g/mol. The molecule has 0 saturated carbocycles. The van der Waals surface area contributed by atoms with Gasteiger partial charge < -0.3 is 0 Å². The molecule has 4 nitrogen and oxygen atoms in total. The molecule has 0 atom stereocenters. The van der Waals surface area contributed by atoms with Crippen LogP contribution in [-0.4, -0.2) is 20.5 Å². The molecule has 64 valence electrons. The monoisotopic (exact) mass is 182 g/mol. The molecule has 0 saturated heterocycles. The molecule has 0 bridgehead atoms. The summed E-state index contributed by atoms with van der Waals surface area (Å²) in [5.41, 5.74) is 0. The van der Waals surface area contributed by atoms with Crippen LogP contribution in [0.15, 0.2) is 11.5 Å². The Balaban J connectivity index is 2.25. The molecule has 0 spiro atoms. The van der Waals surface area contributed by atoms with E-state index < -0.39 is 0 Å². The molecule has 0 fully saturated rings. The van der Waals surface area contributed by atoms with Gasteiger partial charge in [-0.05, 0) is 6.42 Å². The highest BCUT2D eigenvalue weighted by Gasteiger charge is 1.99. The molecule has 1 rings (SSSR count). The zero-order chi connectivity index (χ0) is 8.81. The van der Waals surface area contributed by atoms with E-state index >= 15 is 0 Å². The van der Waals surface area contributed by atoms with Crippen molar-refractivity contribution in [2.75, 3.05) is 5.75 Å². The Morgan fingerprint density at radius 1 is 1.75 bits per heavy atom. The lowest BCUT2D eigenvalue weighted by molar-refractivity contribution is 0.684. The Labute approximate surface area is 75.6 Å². The zero-order valence-corrected chi connectivity index (χ0v) is 7.71. The third kappa shape index (κ3) is 2.55. The molecule has 1 aromatic rings. The Kier molecular flexibility index (Phi) is 3.61. The van der Waals surface area contributed by atoms with E-state index in [0.717, 1.165) is 17.3 Å². The number of unbranched alkanes of at least 4 members (excludes halogenated alkanes) is 1. The molecule has 0 aliphatic rings. The van der Waals surface area contributed by atoms with Gasteiger partial charge in [-0.15, -0.1) is 0 Å². The lowest BCUT2D eigenvalue weighted by Gasteiger charge is -1.96. The third-order valence-electron chi connectivity index (χ3n) is 1.33. The summed E-state index contributed by atoms with van der Waals surface area (Å²) in [4.78, 5) is 4.05. The first kappa shape index (κ1) is 9.07. The molecule has 1 heterocycles. The first-order valence-electron chi connectivity index (χ1n) is 3.68. The predicted molar refractivity (Wildman–Crippen MR) is 46.6 cm³/mol. The first-order valence-corrected chi connectivity index (χ1v) is 4.67. The van der Waals surface area contributed by atoms with Crippen LogP contribution in [0.2, 0.25) is 0 Å². The molecule has 12 heavy (non-hydrogen) atoms. The largest absolute Gasteiger partial charge is 0.244 e. The van der Waals surface area contributed by atoms with Crippen molar-refractivity contribution in [3.05, 3.63) is 6.33 Å². The van der Waals surface area contributed by atoms with Crippen LogP contribution in [0, 0.1) is 11.3 Å². The summed E-state index contributed by atoms with van der Waals surface area (Å²) in [5, 5.41) is 13.1. The van der Waals surface area contributed by atoms with Crippen LogP contribution < -0.4 is 0 Å². The molecule has 5 heteroatoms. The van der Waals surface area contributed by atoms with E-state index in [1.165, 1.54) is 6.33 Å². The van der Waals surface area contributed by atoms with Gasteiger partial charge in [0.2, 0.25) is 0 Å². The maximum absolute atomic E-state index is 8.29. The van der Waals surface area contributed by atoms with Gasteiger partial charge in [-0.2, -0.15) is 10.4 Å². The normalized spacial score (nSPS) is 9.67. The Morgan fingerprint density at radius 2 is 2.58 bits per heavy atom. The quantitative estimate of drug-likeness (QED) is 0.519. The van der Waals surface area contributed by atoms with Crippen molar-refractivity contribution in [2.45, 2.75) is 18.0 Å². The molecular weight excluding hydrogens is 172 g/mol. The lowest BCUT2D eigenvalue weighted by atomic mass is 10.4. The van der Waals surface area contributed by atoms with Crippen molar-refractivity contribution in [1.82, 2.24) is 14.8 Å². The SMILES string of the molecule is Cn1ncnc1SCCCC#N. The molecule has 0 aromatic carbocycles. The van der Waals surface area contributed by atoms with E-state index in [4.69, 9.17) is 5.26 Å². The molecular formula is C7H10N4S. The number of hydrogen-bond acceptors (Lipinski definition) is 4. The van der Waals surface area contributed by atoms with Gasteiger partial charge in [-0.3, -0.25) is 0 Å². The van der Waals surface area contributed by atoms with Crippen molar-refractivity contribution in [2.24, 2.45) is 7.05 Å². The van der Waals surface area contributed by atoms with Gasteiger partial charge in [0, 0.05) is 19.2 Å². The topological polar surface area (TPSA) is 54.5 Å². The molecule has 0 aliphatic heterocycles. The highest BCUT2D eigenvalue weighted by Crippen LogP contribution is 2.14. The van der Waals surface area contributed by atoms with Crippen LogP contribution in [0.25, 0.3) is 0 Å². The molecule has 0 unspecified atom stereocenters. The van der Waals surface area contributed by atoms with E-state index in [0.29, 0.717) is 6.42 Å². The van der Waals surface area contributed by atoms with Crippen LogP contribution in [0.5, 0.6) is 0 Å². The number of thioether (sulfide) groups is 1. The highest BCUT2D eigenvalue weighted by molar-refractivity contribution is 7.99. The minimum Gasteiger partial charge on any atom is -0.244 e. The van der Waals surface area contributed by atoms with E-state index in [1.54, 1.807) is 16.4 Å². The van der Waals surface area contributed by atoms with E-state index in [-0.39, 0.29) is 0 Å². The van der Waals surface area contributed by atoms with Crippen molar-refractivity contribution in [3.63, 3.8) is 0 Å². The number of aromatic nitrogens is 3. The fourth-order valence-corrected chi connectivity index (χ4v) is 1.56. The number of aryl methyl sites for hydroxylation is 1. The van der Waals surface area contributed by atoms with Crippen molar-refractivity contribution in [1.29, 1.82) is 5.26 Å². The van der Waals surface area contributed by atoms with Gasteiger partial charge in [0.25, 0.3) is 0 Å². The third-order valence-corrected chi connectivity index (χ3v) is 2.45. The van der Waals surface area contributed by atoms with Crippen LogP contribution in [0.1, 0.15) is 12.8 Å². The second-order valence-electron chi connectivity index (χ2n) is 2.28. The van der Waals surface area contributed by atoms with Gasteiger partial charge in [0.15, 0.2) is 5.16 Å². The Morgan fingerprint density at radius 3 is 3.17 bits per heavy atom. The Bertz CT molecular complexity index is 275. The number of rotatable bonds is 4. The maximum Gasteiger partial charge on any atom is 0.185 e.